The maximum atomic E-state index is 13.2. The van der Waals surface area contributed by atoms with Gasteiger partial charge in [0.1, 0.15) is 0 Å². The smallest absolute Gasteiger partial charge is 0.232 e. The molecule has 1 aliphatic heterocycles. The standard InChI is InChI=1S/C22H25NO2/c24-21(23-19-11-12-22(19)13-15-25-16-14-22)20(17-7-3-1-4-8-17)18-9-5-2-6-10-18/h1-10,19-20H,11-16H2,(H,23,24). The summed E-state index contributed by atoms with van der Waals surface area (Å²) in [5.41, 5.74) is 2.37. The lowest BCUT2D eigenvalue weighted by Gasteiger charge is -2.52. The maximum absolute atomic E-state index is 13.2. The van der Waals surface area contributed by atoms with Crippen molar-refractivity contribution < 1.29 is 9.53 Å². The number of hydrogen-bond donors (Lipinski definition) is 1. The third kappa shape index (κ3) is 3.21. The summed E-state index contributed by atoms with van der Waals surface area (Å²) in [7, 11) is 0. The minimum atomic E-state index is -0.250. The van der Waals surface area contributed by atoms with Crippen molar-refractivity contribution >= 4 is 5.91 Å². The Morgan fingerprint density at radius 3 is 1.96 bits per heavy atom. The van der Waals surface area contributed by atoms with E-state index in [2.05, 4.69) is 5.32 Å². The lowest BCUT2D eigenvalue weighted by atomic mass is 9.60. The van der Waals surface area contributed by atoms with Crippen LogP contribution in [-0.2, 0) is 9.53 Å². The summed E-state index contributed by atoms with van der Waals surface area (Å²) < 4.78 is 5.53. The van der Waals surface area contributed by atoms with Crippen LogP contribution in [0.15, 0.2) is 60.7 Å². The highest BCUT2D eigenvalue weighted by Crippen LogP contribution is 2.49. The Hall–Kier alpha value is -2.13. The maximum Gasteiger partial charge on any atom is 0.232 e. The molecule has 0 bridgehead atoms. The lowest BCUT2D eigenvalue weighted by Crippen LogP contribution is -2.57. The Labute approximate surface area is 149 Å². The molecule has 1 spiro atoms. The van der Waals surface area contributed by atoms with Gasteiger partial charge in [-0.3, -0.25) is 4.79 Å². The van der Waals surface area contributed by atoms with Crippen molar-refractivity contribution in [1.82, 2.24) is 5.32 Å². The van der Waals surface area contributed by atoms with Gasteiger partial charge in [-0.25, -0.2) is 0 Å². The van der Waals surface area contributed by atoms with E-state index >= 15 is 0 Å². The van der Waals surface area contributed by atoms with E-state index < -0.39 is 0 Å². The molecule has 2 fully saturated rings. The molecule has 1 aliphatic carbocycles. The molecule has 1 unspecified atom stereocenters. The average molecular weight is 335 g/mol. The summed E-state index contributed by atoms with van der Waals surface area (Å²) in [6.45, 7) is 1.65. The molecule has 2 aromatic rings. The van der Waals surface area contributed by atoms with E-state index in [-0.39, 0.29) is 17.2 Å². The normalized spacial score (nSPS) is 21.7. The van der Waals surface area contributed by atoms with Crippen molar-refractivity contribution in [3.8, 4) is 0 Å². The molecule has 1 atom stereocenters. The minimum Gasteiger partial charge on any atom is -0.381 e. The first-order chi connectivity index (χ1) is 12.3. The van der Waals surface area contributed by atoms with Gasteiger partial charge in [0, 0.05) is 19.3 Å². The van der Waals surface area contributed by atoms with Crippen LogP contribution in [0.4, 0.5) is 0 Å². The number of carbonyl (C=O) groups is 1. The van der Waals surface area contributed by atoms with Gasteiger partial charge in [0.2, 0.25) is 5.91 Å². The molecule has 1 saturated carbocycles. The summed E-state index contributed by atoms with van der Waals surface area (Å²) in [6, 6.07) is 20.5. The van der Waals surface area contributed by atoms with Crippen molar-refractivity contribution in [3.63, 3.8) is 0 Å². The number of amides is 1. The number of benzene rings is 2. The summed E-state index contributed by atoms with van der Waals surface area (Å²) >= 11 is 0. The van der Waals surface area contributed by atoms with E-state index in [0.717, 1.165) is 43.6 Å². The summed E-state index contributed by atoms with van der Waals surface area (Å²) in [6.07, 6.45) is 4.43. The first-order valence-electron chi connectivity index (χ1n) is 9.27. The molecule has 25 heavy (non-hydrogen) atoms. The molecule has 1 N–H and O–H groups in total. The van der Waals surface area contributed by atoms with Crippen LogP contribution in [0.25, 0.3) is 0 Å². The molecule has 3 nitrogen and oxygen atoms in total. The second kappa shape index (κ2) is 7.01. The van der Waals surface area contributed by atoms with Gasteiger partial charge in [0.25, 0.3) is 0 Å². The van der Waals surface area contributed by atoms with Gasteiger partial charge in [-0.15, -0.1) is 0 Å². The van der Waals surface area contributed by atoms with E-state index in [9.17, 15) is 4.79 Å². The number of carbonyl (C=O) groups excluding carboxylic acids is 1. The van der Waals surface area contributed by atoms with E-state index in [0.29, 0.717) is 6.04 Å². The van der Waals surface area contributed by atoms with Gasteiger partial charge in [-0.1, -0.05) is 60.7 Å². The van der Waals surface area contributed by atoms with E-state index in [4.69, 9.17) is 4.74 Å². The van der Waals surface area contributed by atoms with Gasteiger partial charge in [-0.2, -0.15) is 0 Å². The highest BCUT2D eigenvalue weighted by Gasteiger charge is 2.48. The summed E-state index contributed by atoms with van der Waals surface area (Å²) in [5.74, 6) is -0.132. The van der Waals surface area contributed by atoms with E-state index in [1.807, 2.05) is 60.7 Å². The first kappa shape index (κ1) is 16.3. The Morgan fingerprint density at radius 1 is 0.920 bits per heavy atom. The molecule has 2 aliphatic rings. The Balaban J connectivity index is 1.56. The molecule has 130 valence electrons. The molecule has 0 aromatic heterocycles. The third-order valence-corrected chi connectivity index (χ3v) is 6.00. The van der Waals surface area contributed by atoms with Crippen molar-refractivity contribution in [2.75, 3.05) is 13.2 Å². The zero-order chi connectivity index (χ0) is 17.1. The molecule has 0 radical (unpaired) electrons. The molecule has 1 amide bonds. The van der Waals surface area contributed by atoms with Gasteiger partial charge >= 0.3 is 0 Å². The van der Waals surface area contributed by atoms with Crippen LogP contribution in [0.3, 0.4) is 0 Å². The van der Waals surface area contributed by atoms with Crippen molar-refractivity contribution in [1.29, 1.82) is 0 Å². The predicted molar refractivity (Wildman–Crippen MR) is 98.4 cm³/mol. The second-order valence-corrected chi connectivity index (χ2v) is 7.33. The Kier molecular flexibility index (Phi) is 4.58. The van der Waals surface area contributed by atoms with Crippen LogP contribution in [-0.4, -0.2) is 25.2 Å². The van der Waals surface area contributed by atoms with Gasteiger partial charge in [0.05, 0.1) is 5.92 Å². The fourth-order valence-electron chi connectivity index (χ4n) is 4.34. The van der Waals surface area contributed by atoms with E-state index in [1.54, 1.807) is 0 Å². The quantitative estimate of drug-likeness (QED) is 0.920. The SMILES string of the molecule is O=C(NC1CCC12CCOCC2)C(c1ccccc1)c1ccccc1. The highest BCUT2D eigenvalue weighted by atomic mass is 16.5. The van der Waals surface area contributed by atoms with Crippen LogP contribution in [0.5, 0.6) is 0 Å². The number of rotatable bonds is 4. The van der Waals surface area contributed by atoms with Gasteiger partial charge < -0.3 is 10.1 Å². The van der Waals surface area contributed by atoms with E-state index in [1.165, 1.54) is 6.42 Å². The summed E-state index contributed by atoms with van der Waals surface area (Å²) in [4.78, 5) is 13.2. The summed E-state index contributed by atoms with van der Waals surface area (Å²) in [5, 5.41) is 3.38. The zero-order valence-electron chi connectivity index (χ0n) is 14.5. The average Bonchev–Trinajstić information content (AvgIpc) is 2.68. The topological polar surface area (TPSA) is 38.3 Å². The molecule has 1 heterocycles. The van der Waals surface area contributed by atoms with Crippen LogP contribution in [0, 0.1) is 5.41 Å². The van der Waals surface area contributed by atoms with Crippen molar-refractivity contribution in [2.45, 2.75) is 37.6 Å². The minimum absolute atomic E-state index is 0.118. The monoisotopic (exact) mass is 335 g/mol. The lowest BCUT2D eigenvalue weighted by molar-refractivity contribution is -0.127. The van der Waals surface area contributed by atoms with Gasteiger partial charge in [-0.05, 0) is 42.2 Å². The third-order valence-electron chi connectivity index (χ3n) is 6.00. The first-order valence-corrected chi connectivity index (χ1v) is 9.27. The zero-order valence-corrected chi connectivity index (χ0v) is 14.5. The van der Waals surface area contributed by atoms with Crippen LogP contribution in [0.1, 0.15) is 42.7 Å². The Bertz CT molecular complexity index is 668. The predicted octanol–water partition coefficient (Wildman–Crippen LogP) is 3.89. The van der Waals surface area contributed by atoms with Crippen molar-refractivity contribution in [2.24, 2.45) is 5.41 Å². The van der Waals surface area contributed by atoms with Crippen LogP contribution < -0.4 is 5.32 Å². The largest absolute Gasteiger partial charge is 0.381 e. The fourth-order valence-corrected chi connectivity index (χ4v) is 4.34. The second-order valence-electron chi connectivity index (χ2n) is 7.33. The molecular weight excluding hydrogens is 310 g/mol. The fraction of sp³-hybridized carbons (Fsp3) is 0.409. The van der Waals surface area contributed by atoms with Crippen LogP contribution in [0.2, 0.25) is 0 Å². The highest BCUT2D eigenvalue weighted by molar-refractivity contribution is 5.87. The molecule has 1 saturated heterocycles. The molecule has 2 aromatic carbocycles. The number of hydrogen-bond acceptors (Lipinski definition) is 2. The number of nitrogens with one attached hydrogen (secondary N) is 1. The number of ether oxygens (including phenoxy) is 1. The van der Waals surface area contributed by atoms with Crippen LogP contribution >= 0.6 is 0 Å². The molecule has 3 heteroatoms. The molecule has 4 rings (SSSR count). The molecular formula is C22H25NO2. The Morgan fingerprint density at radius 2 is 1.48 bits per heavy atom. The van der Waals surface area contributed by atoms with Crippen molar-refractivity contribution in [3.05, 3.63) is 71.8 Å². The van der Waals surface area contributed by atoms with Gasteiger partial charge in [0.15, 0.2) is 0 Å².